The molecule has 1 amide bonds. The van der Waals surface area contributed by atoms with E-state index >= 15 is 0 Å². The maximum atomic E-state index is 14.0. The minimum atomic E-state index is -0.619. The van der Waals surface area contributed by atoms with E-state index in [2.05, 4.69) is 20.6 Å². The number of H-pyrrole nitrogens is 1. The summed E-state index contributed by atoms with van der Waals surface area (Å²) in [6, 6.07) is 20.1. The molecule has 2 N–H and O–H groups in total. The van der Waals surface area contributed by atoms with Gasteiger partial charge in [-0.15, -0.1) is 0 Å². The Morgan fingerprint density at radius 1 is 0.912 bits per heavy atom. The first-order valence-corrected chi connectivity index (χ1v) is 10.4. The molecular weight excluding hydrogens is 440 g/mol. The molecule has 9 heteroatoms. The second-order valence-electron chi connectivity index (χ2n) is 7.59. The van der Waals surface area contributed by atoms with Crippen LogP contribution in [0.3, 0.4) is 0 Å². The molecule has 0 atom stereocenters. The molecule has 0 saturated heterocycles. The Kier molecular flexibility index (Phi) is 5.43. The SMILES string of the molecule is O=C(Cc1ccccc1)Nn1c(-c2cccc(F)c2)nc2c(-c3ccc(F)cc3)n[nH]c2c1=O. The van der Waals surface area contributed by atoms with Gasteiger partial charge in [-0.3, -0.25) is 20.1 Å². The van der Waals surface area contributed by atoms with Crippen molar-refractivity contribution >= 4 is 16.9 Å². The molecule has 0 radical (unpaired) electrons. The summed E-state index contributed by atoms with van der Waals surface area (Å²) in [4.78, 5) is 30.7. The van der Waals surface area contributed by atoms with Gasteiger partial charge in [-0.2, -0.15) is 9.77 Å². The van der Waals surface area contributed by atoms with Crippen molar-refractivity contribution in [3.8, 4) is 22.6 Å². The average molecular weight is 457 g/mol. The number of nitrogens with zero attached hydrogens (tertiary/aromatic N) is 3. The fourth-order valence-corrected chi connectivity index (χ4v) is 3.64. The molecule has 0 unspecified atom stereocenters. The molecular formula is C25H17F2N5O2. The van der Waals surface area contributed by atoms with E-state index < -0.39 is 23.1 Å². The quantitative estimate of drug-likeness (QED) is 0.417. The first-order valence-electron chi connectivity index (χ1n) is 10.4. The highest BCUT2D eigenvalue weighted by Gasteiger charge is 2.20. The highest BCUT2D eigenvalue weighted by atomic mass is 19.1. The lowest BCUT2D eigenvalue weighted by Gasteiger charge is -2.14. The monoisotopic (exact) mass is 457 g/mol. The summed E-state index contributed by atoms with van der Waals surface area (Å²) < 4.78 is 28.4. The summed E-state index contributed by atoms with van der Waals surface area (Å²) in [6.45, 7) is 0. The lowest BCUT2D eigenvalue weighted by Crippen LogP contribution is -2.36. The van der Waals surface area contributed by atoms with Crippen LogP contribution in [0, 0.1) is 11.6 Å². The van der Waals surface area contributed by atoms with E-state index in [-0.39, 0.29) is 28.8 Å². The molecule has 2 aromatic heterocycles. The predicted molar refractivity (Wildman–Crippen MR) is 123 cm³/mol. The van der Waals surface area contributed by atoms with Crippen LogP contribution in [0.15, 0.2) is 83.7 Å². The number of carbonyl (C=O) groups excluding carboxylic acids is 1. The predicted octanol–water partition coefficient (Wildman–Crippen LogP) is 4.04. The summed E-state index contributed by atoms with van der Waals surface area (Å²) in [6.07, 6.45) is 0.0255. The summed E-state index contributed by atoms with van der Waals surface area (Å²) in [7, 11) is 0. The van der Waals surface area contributed by atoms with E-state index in [9.17, 15) is 18.4 Å². The van der Waals surface area contributed by atoms with Crippen LogP contribution in [0.4, 0.5) is 8.78 Å². The van der Waals surface area contributed by atoms with Crippen molar-refractivity contribution in [2.45, 2.75) is 6.42 Å². The fraction of sp³-hybridized carbons (Fsp3) is 0.0400. The number of carbonyl (C=O) groups is 1. The van der Waals surface area contributed by atoms with Crippen molar-refractivity contribution < 1.29 is 13.6 Å². The normalized spacial score (nSPS) is 11.0. The van der Waals surface area contributed by atoms with Crippen molar-refractivity contribution in [2.75, 3.05) is 5.43 Å². The molecule has 34 heavy (non-hydrogen) atoms. The van der Waals surface area contributed by atoms with Crippen LogP contribution in [0.1, 0.15) is 5.56 Å². The third kappa shape index (κ3) is 4.06. The molecule has 0 spiro atoms. The number of fused-ring (bicyclic) bond motifs is 1. The van der Waals surface area contributed by atoms with E-state index in [0.717, 1.165) is 10.2 Å². The minimum Gasteiger partial charge on any atom is -0.273 e. The van der Waals surface area contributed by atoms with Crippen LogP contribution in [0.5, 0.6) is 0 Å². The Labute approximate surface area is 191 Å². The van der Waals surface area contributed by atoms with Crippen LogP contribution in [0.25, 0.3) is 33.7 Å². The maximum absolute atomic E-state index is 14.0. The molecule has 0 aliphatic rings. The number of nitrogens with one attached hydrogen (secondary N) is 2. The number of aromatic amines is 1. The molecule has 0 aliphatic heterocycles. The van der Waals surface area contributed by atoms with E-state index in [1.807, 2.05) is 18.2 Å². The van der Waals surface area contributed by atoms with E-state index in [0.29, 0.717) is 11.3 Å². The molecule has 2 heterocycles. The molecule has 3 aromatic carbocycles. The van der Waals surface area contributed by atoms with Gasteiger partial charge in [0.05, 0.1) is 6.42 Å². The molecule has 7 nitrogen and oxygen atoms in total. The number of hydrogen-bond donors (Lipinski definition) is 2. The lowest BCUT2D eigenvalue weighted by atomic mass is 10.1. The van der Waals surface area contributed by atoms with Gasteiger partial charge in [0.25, 0.3) is 5.56 Å². The summed E-state index contributed by atoms with van der Waals surface area (Å²) in [5, 5.41) is 6.84. The van der Waals surface area contributed by atoms with Crippen LogP contribution in [0.2, 0.25) is 0 Å². The van der Waals surface area contributed by atoms with Gasteiger partial charge in [-0.05, 0) is 42.0 Å². The van der Waals surface area contributed by atoms with Crippen molar-refractivity contribution in [3.63, 3.8) is 0 Å². The van der Waals surface area contributed by atoms with Gasteiger partial charge in [0.15, 0.2) is 11.3 Å². The summed E-state index contributed by atoms with van der Waals surface area (Å²) in [5.41, 5.74) is 4.12. The largest absolute Gasteiger partial charge is 0.298 e. The number of rotatable bonds is 5. The first kappa shape index (κ1) is 21.2. The van der Waals surface area contributed by atoms with Gasteiger partial charge >= 0.3 is 0 Å². The molecule has 0 saturated carbocycles. The molecule has 5 rings (SSSR count). The first-order chi connectivity index (χ1) is 16.5. The molecule has 0 fully saturated rings. The average Bonchev–Trinajstić information content (AvgIpc) is 3.26. The highest BCUT2D eigenvalue weighted by Crippen LogP contribution is 2.26. The molecule has 5 aromatic rings. The number of amides is 1. The van der Waals surface area contributed by atoms with Gasteiger partial charge in [0.2, 0.25) is 5.91 Å². The van der Waals surface area contributed by atoms with E-state index in [1.165, 1.54) is 42.5 Å². The molecule has 0 aliphatic carbocycles. The standard InChI is InChI=1S/C25H17F2N5O2/c26-18-11-9-16(10-12-18)21-22-23(30-29-21)25(34)32(24(28-22)17-7-4-8-19(27)14-17)31-20(33)13-15-5-2-1-3-6-15/h1-12,14H,13H2,(H,29,30)(H,31,33). The van der Waals surface area contributed by atoms with Gasteiger partial charge in [-0.25, -0.2) is 13.8 Å². The Hall–Kier alpha value is -4.66. The zero-order valence-corrected chi connectivity index (χ0v) is 17.6. The lowest BCUT2D eigenvalue weighted by molar-refractivity contribution is -0.116. The summed E-state index contributed by atoms with van der Waals surface area (Å²) in [5.74, 6) is -1.37. The molecule has 0 bridgehead atoms. The van der Waals surface area contributed by atoms with Crippen LogP contribution >= 0.6 is 0 Å². The Morgan fingerprint density at radius 3 is 2.41 bits per heavy atom. The third-order valence-electron chi connectivity index (χ3n) is 5.23. The second-order valence-corrected chi connectivity index (χ2v) is 7.59. The Balaban J connectivity index is 1.65. The van der Waals surface area contributed by atoms with Crippen LogP contribution < -0.4 is 11.0 Å². The van der Waals surface area contributed by atoms with Gasteiger partial charge < -0.3 is 0 Å². The second kappa shape index (κ2) is 8.70. The van der Waals surface area contributed by atoms with Crippen LogP contribution in [-0.4, -0.2) is 25.8 Å². The topological polar surface area (TPSA) is 92.7 Å². The maximum Gasteiger partial charge on any atom is 0.298 e. The Bertz CT molecular complexity index is 1560. The van der Waals surface area contributed by atoms with Crippen molar-refractivity contribution in [1.82, 2.24) is 19.9 Å². The Morgan fingerprint density at radius 2 is 1.68 bits per heavy atom. The number of aromatic nitrogens is 4. The summed E-state index contributed by atoms with van der Waals surface area (Å²) >= 11 is 0. The van der Waals surface area contributed by atoms with Crippen molar-refractivity contribution in [3.05, 3.63) is 106 Å². The number of benzene rings is 3. The number of halogens is 2. The number of hydrogen-bond acceptors (Lipinski definition) is 4. The smallest absolute Gasteiger partial charge is 0.273 e. The zero-order valence-electron chi connectivity index (χ0n) is 17.6. The minimum absolute atomic E-state index is 0.0255. The fourth-order valence-electron chi connectivity index (χ4n) is 3.64. The van der Waals surface area contributed by atoms with Crippen LogP contribution in [-0.2, 0) is 11.2 Å². The van der Waals surface area contributed by atoms with Gasteiger partial charge in [0.1, 0.15) is 22.8 Å². The molecule has 168 valence electrons. The van der Waals surface area contributed by atoms with E-state index in [4.69, 9.17) is 0 Å². The zero-order chi connectivity index (χ0) is 23.7. The van der Waals surface area contributed by atoms with Crippen molar-refractivity contribution in [2.24, 2.45) is 0 Å². The third-order valence-corrected chi connectivity index (χ3v) is 5.23. The highest BCUT2D eigenvalue weighted by molar-refractivity contribution is 5.91. The van der Waals surface area contributed by atoms with Crippen molar-refractivity contribution in [1.29, 1.82) is 0 Å². The van der Waals surface area contributed by atoms with Gasteiger partial charge in [-0.1, -0.05) is 42.5 Å². The van der Waals surface area contributed by atoms with Gasteiger partial charge in [0, 0.05) is 11.1 Å². The van der Waals surface area contributed by atoms with E-state index in [1.54, 1.807) is 18.2 Å².